The highest BCUT2D eigenvalue weighted by Gasteiger charge is 2.32. The number of hydrogen-bond donors (Lipinski definition) is 2. The summed E-state index contributed by atoms with van der Waals surface area (Å²) in [5, 5.41) is 0. The van der Waals surface area contributed by atoms with Gasteiger partial charge in [-0.1, -0.05) is 0 Å². The van der Waals surface area contributed by atoms with Crippen LogP contribution in [0.3, 0.4) is 0 Å². The summed E-state index contributed by atoms with van der Waals surface area (Å²) in [6, 6.07) is 1.60. The maximum atomic E-state index is 12.3. The molecule has 2 rings (SSSR count). The summed E-state index contributed by atoms with van der Waals surface area (Å²) in [5.74, 6) is 0.290. The fourth-order valence-electron chi connectivity index (χ4n) is 2.22. The van der Waals surface area contributed by atoms with E-state index in [9.17, 15) is 8.42 Å². The third-order valence-electron chi connectivity index (χ3n) is 3.22. The van der Waals surface area contributed by atoms with E-state index in [0.29, 0.717) is 31.1 Å². The molecule has 102 valence electrons. The van der Waals surface area contributed by atoms with Crippen LogP contribution in [0.5, 0.6) is 0 Å². The Morgan fingerprint density at radius 2 is 2.39 bits per heavy atom. The molecule has 0 bridgehead atoms. The normalized spacial score (nSPS) is 21.6. The number of H-pyrrole nitrogens is 1. The average molecular weight is 273 g/mol. The van der Waals surface area contributed by atoms with E-state index in [-0.39, 0.29) is 5.92 Å². The summed E-state index contributed by atoms with van der Waals surface area (Å²) >= 11 is 0. The molecule has 7 heteroatoms. The standard InChI is InChI=1S/C11H19N3O3S/c1-17-8-9-2-3-14(7-9)18(15,16)11-4-10(5-12)13-6-11/h4,6,9,13H,2-3,5,7-8,12H2,1H3. The number of ether oxygens (including phenoxy) is 1. The third kappa shape index (κ3) is 2.59. The lowest BCUT2D eigenvalue weighted by Crippen LogP contribution is -2.29. The molecule has 0 spiro atoms. The van der Waals surface area contributed by atoms with Crippen LogP contribution in [-0.4, -0.2) is 44.5 Å². The lowest BCUT2D eigenvalue weighted by Gasteiger charge is -2.15. The van der Waals surface area contributed by atoms with Crippen molar-refractivity contribution in [3.63, 3.8) is 0 Å². The number of methoxy groups -OCH3 is 1. The molecule has 1 atom stereocenters. The van der Waals surface area contributed by atoms with Crippen molar-refractivity contribution in [2.45, 2.75) is 17.9 Å². The third-order valence-corrected chi connectivity index (χ3v) is 5.07. The summed E-state index contributed by atoms with van der Waals surface area (Å²) in [6.07, 6.45) is 2.35. The van der Waals surface area contributed by atoms with E-state index >= 15 is 0 Å². The van der Waals surface area contributed by atoms with Crippen molar-refractivity contribution in [2.24, 2.45) is 11.7 Å². The first kappa shape index (κ1) is 13.5. The number of nitrogens with one attached hydrogen (secondary N) is 1. The van der Waals surface area contributed by atoms with Gasteiger partial charge in [-0.25, -0.2) is 8.42 Å². The Balaban J connectivity index is 2.12. The molecule has 1 unspecified atom stereocenters. The largest absolute Gasteiger partial charge is 0.384 e. The Morgan fingerprint density at radius 3 is 3.00 bits per heavy atom. The second kappa shape index (κ2) is 5.40. The van der Waals surface area contributed by atoms with Crippen LogP contribution in [0.2, 0.25) is 0 Å². The number of aromatic nitrogens is 1. The number of rotatable bonds is 5. The van der Waals surface area contributed by atoms with Crippen molar-refractivity contribution < 1.29 is 13.2 Å². The van der Waals surface area contributed by atoms with Crippen LogP contribution in [-0.2, 0) is 21.3 Å². The molecule has 1 saturated heterocycles. The Morgan fingerprint density at radius 1 is 1.61 bits per heavy atom. The van der Waals surface area contributed by atoms with E-state index in [4.69, 9.17) is 10.5 Å². The van der Waals surface area contributed by atoms with Crippen LogP contribution in [0.1, 0.15) is 12.1 Å². The fraction of sp³-hybridized carbons (Fsp3) is 0.636. The van der Waals surface area contributed by atoms with Gasteiger partial charge in [0.15, 0.2) is 0 Å². The smallest absolute Gasteiger partial charge is 0.244 e. The zero-order chi connectivity index (χ0) is 13.2. The van der Waals surface area contributed by atoms with Gasteiger partial charge in [-0.3, -0.25) is 0 Å². The van der Waals surface area contributed by atoms with Crippen molar-refractivity contribution >= 4 is 10.0 Å². The minimum atomic E-state index is -3.39. The summed E-state index contributed by atoms with van der Waals surface area (Å²) in [5.41, 5.74) is 6.19. The molecule has 1 aromatic rings. The molecule has 1 aromatic heterocycles. The van der Waals surface area contributed by atoms with Crippen LogP contribution in [0.15, 0.2) is 17.2 Å². The van der Waals surface area contributed by atoms with Crippen LogP contribution in [0.25, 0.3) is 0 Å². The Kier molecular flexibility index (Phi) is 4.06. The molecule has 1 fully saturated rings. The van der Waals surface area contributed by atoms with E-state index < -0.39 is 10.0 Å². The monoisotopic (exact) mass is 273 g/mol. The Bertz CT molecular complexity index is 497. The Labute approximate surface area is 107 Å². The average Bonchev–Trinajstić information content (AvgIpc) is 2.98. The molecular weight excluding hydrogens is 254 g/mol. The summed E-state index contributed by atoms with van der Waals surface area (Å²) in [6.45, 7) is 1.99. The molecule has 3 N–H and O–H groups in total. The van der Waals surface area contributed by atoms with Gasteiger partial charge in [-0.2, -0.15) is 4.31 Å². The molecule has 0 aliphatic carbocycles. The van der Waals surface area contributed by atoms with Gasteiger partial charge in [0.2, 0.25) is 10.0 Å². The van der Waals surface area contributed by atoms with Gasteiger partial charge >= 0.3 is 0 Å². The number of nitrogens with two attached hydrogens (primary N) is 1. The van der Waals surface area contributed by atoms with Crippen molar-refractivity contribution in [3.05, 3.63) is 18.0 Å². The van der Waals surface area contributed by atoms with Crippen molar-refractivity contribution in [3.8, 4) is 0 Å². The van der Waals surface area contributed by atoms with Gasteiger partial charge in [-0.05, 0) is 18.4 Å². The summed E-state index contributed by atoms with van der Waals surface area (Å²) in [7, 11) is -1.75. The molecular formula is C11H19N3O3S. The van der Waals surface area contributed by atoms with Gasteiger partial charge < -0.3 is 15.5 Å². The minimum Gasteiger partial charge on any atom is -0.384 e. The lowest BCUT2D eigenvalue weighted by molar-refractivity contribution is 0.157. The number of hydrogen-bond acceptors (Lipinski definition) is 4. The highest BCUT2D eigenvalue weighted by molar-refractivity contribution is 7.89. The highest BCUT2D eigenvalue weighted by Crippen LogP contribution is 2.24. The zero-order valence-electron chi connectivity index (χ0n) is 10.4. The first-order valence-corrected chi connectivity index (χ1v) is 7.38. The number of aromatic amines is 1. The molecule has 0 amide bonds. The van der Waals surface area contributed by atoms with E-state index in [1.807, 2.05) is 0 Å². The van der Waals surface area contributed by atoms with E-state index in [0.717, 1.165) is 12.1 Å². The van der Waals surface area contributed by atoms with Gasteiger partial charge in [-0.15, -0.1) is 0 Å². The number of sulfonamides is 1. The maximum Gasteiger partial charge on any atom is 0.244 e. The molecule has 2 heterocycles. The predicted octanol–water partition coefficient (Wildman–Crippen LogP) is 0.130. The van der Waals surface area contributed by atoms with Crippen molar-refractivity contribution in [1.29, 1.82) is 0 Å². The van der Waals surface area contributed by atoms with E-state index in [2.05, 4.69) is 4.98 Å². The summed E-state index contributed by atoms with van der Waals surface area (Å²) < 4.78 is 31.3. The fourth-order valence-corrected chi connectivity index (χ4v) is 3.77. The van der Waals surface area contributed by atoms with Crippen LogP contribution >= 0.6 is 0 Å². The van der Waals surface area contributed by atoms with Gasteiger partial charge in [0.05, 0.1) is 11.5 Å². The molecule has 1 aliphatic heterocycles. The predicted molar refractivity (Wildman–Crippen MR) is 67.4 cm³/mol. The highest BCUT2D eigenvalue weighted by atomic mass is 32.2. The lowest BCUT2D eigenvalue weighted by atomic mass is 10.1. The van der Waals surface area contributed by atoms with Crippen molar-refractivity contribution in [2.75, 3.05) is 26.8 Å². The van der Waals surface area contributed by atoms with Gasteiger partial charge in [0, 0.05) is 38.6 Å². The molecule has 1 aliphatic rings. The zero-order valence-corrected chi connectivity index (χ0v) is 11.2. The first-order chi connectivity index (χ1) is 8.57. The molecule has 18 heavy (non-hydrogen) atoms. The molecule has 0 saturated carbocycles. The second-order valence-electron chi connectivity index (χ2n) is 4.54. The number of nitrogens with zero attached hydrogens (tertiary/aromatic N) is 1. The quantitative estimate of drug-likeness (QED) is 0.798. The van der Waals surface area contributed by atoms with E-state index in [1.54, 1.807) is 13.2 Å². The van der Waals surface area contributed by atoms with Crippen LogP contribution in [0.4, 0.5) is 0 Å². The van der Waals surface area contributed by atoms with Crippen LogP contribution < -0.4 is 5.73 Å². The Hall–Kier alpha value is -0.890. The molecule has 6 nitrogen and oxygen atoms in total. The van der Waals surface area contributed by atoms with Crippen LogP contribution in [0, 0.1) is 5.92 Å². The van der Waals surface area contributed by atoms with Crippen molar-refractivity contribution in [1.82, 2.24) is 9.29 Å². The SMILES string of the molecule is COCC1CCN(S(=O)(=O)c2c[nH]c(CN)c2)C1. The second-order valence-corrected chi connectivity index (χ2v) is 6.48. The van der Waals surface area contributed by atoms with Gasteiger partial charge in [0.1, 0.15) is 0 Å². The molecule has 0 radical (unpaired) electrons. The first-order valence-electron chi connectivity index (χ1n) is 5.94. The maximum absolute atomic E-state index is 12.3. The topological polar surface area (TPSA) is 88.4 Å². The summed E-state index contributed by atoms with van der Waals surface area (Å²) in [4.78, 5) is 3.16. The van der Waals surface area contributed by atoms with Gasteiger partial charge in [0.25, 0.3) is 0 Å². The van der Waals surface area contributed by atoms with E-state index in [1.165, 1.54) is 10.5 Å². The minimum absolute atomic E-state index is 0.290. The molecule has 0 aromatic carbocycles.